The first-order valence-corrected chi connectivity index (χ1v) is 9.77. The number of carbonyl (C=O) groups excluding carboxylic acids is 1. The summed E-state index contributed by atoms with van der Waals surface area (Å²) in [5.41, 5.74) is 7.55. The van der Waals surface area contributed by atoms with Gasteiger partial charge in [-0.1, -0.05) is 6.07 Å². The van der Waals surface area contributed by atoms with Gasteiger partial charge in [-0.15, -0.1) is 0 Å². The van der Waals surface area contributed by atoms with E-state index in [0.29, 0.717) is 43.6 Å². The summed E-state index contributed by atoms with van der Waals surface area (Å²) < 4.78 is 5.32. The van der Waals surface area contributed by atoms with Crippen LogP contribution in [0.25, 0.3) is 0 Å². The van der Waals surface area contributed by atoms with Crippen molar-refractivity contribution in [2.45, 2.75) is 18.9 Å². The molecule has 0 unspecified atom stereocenters. The number of ether oxygens (including phenoxy) is 1. The average molecular weight is 382 g/mol. The molecule has 4 rings (SSSR count). The van der Waals surface area contributed by atoms with Gasteiger partial charge in [0.05, 0.1) is 13.2 Å². The van der Waals surface area contributed by atoms with E-state index in [1.807, 2.05) is 35.2 Å². The topological polar surface area (TPSA) is 96.6 Å². The minimum absolute atomic E-state index is 0.0256. The van der Waals surface area contributed by atoms with Crippen molar-refractivity contribution in [2.75, 3.05) is 49.6 Å². The third-order valence-electron chi connectivity index (χ3n) is 5.06. The summed E-state index contributed by atoms with van der Waals surface area (Å²) in [7, 11) is 0. The van der Waals surface area contributed by atoms with Crippen LogP contribution in [0.1, 0.15) is 23.2 Å². The summed E-state index contributed by atoms with van der Waals surface area (Å²) in [4.78, 5) is 25.7. The Kier molecular flexibility index (Phi) is 5.68. The molecule has 8 heteroatoms. The van der Waals surface area contributed by atoms with Crippen molar-refractivity contribution in [2.24, 2.45) is 5.73 Å². The maximum atomic E-state index is 12.7. The van der Waals surface area contributed by atoms with Crippen molar-refractivity contribution < 1.29 is 9.53 Å². The molecule has 0 saturated carbocycles. The van der Waals surface area contributed by atoms with Crippen LogP contribution in [0.2, 0.25) is 0 Å². The Balaban J connectivity index is 1.47. The Hall–Kier alpha value is -2.71. The van der Waals surface area contributed by atoms with Gasteiger partial charge in [0, 0.05) is 49.7 Å². The zero-order valence-electron chi connectivity index (χ0n) is 15.9. The molecule has 2 aliphatic rings. The van der Waals surface area contributed by atoms with Gasteiger partial charge < -0.3 is 25.6 Å². The SMILES string of the molecule is N[C@H]1CCCN(c2nccc(Nc3cccc(C(=O)N4CCOCC4)c3)n2)C1. The van der Waals surface area contributed by atoms with E-state index in [4.69, 9.17) is 10.5 Å². The molecule has 2 aromatic rings. The molecule has 1 aromatic heterocycles. The van der Waals surface area contributed by atoms with E-state index < -0.39 is 0 Å². The third kappa shape index (κ3) is 4.40. The Morgan fingerprint density at radius 2 is 2.07 bits per heavy atom. The van der Waals surface area contributed by atoms with Gasteiger partial charge in [-0.3, -0.25) is 4.79 Å². The van der Waals surface area contributed by atoms with E-state index in [2.05, 4.69) is 20.2 Å². The molecule has 0 bridgehead atoms. The van der Waals surface area contributed by atoms with Gasteiger partial charge >= 0.3 is 0 Å². The number of amides is 1. The minimum Gasteiger partial charge on any atom is -0.378 e. The molecule has 1 aromatic carbocycles. The lowest BCUT2D eigenvalue weighted by molar-refractivity contribution is 0.0303. The monoisotopic (exact) mass is 382 g/mol. The standard InChI is InChI=1S/C20H26N6O2/c21-16-4-2-8-26(14-16)20-22-7-6-18(24-20)23-17-5-1-3-15(13-17)19(27)25-9-11-28-12-10-25/h1,3,5-7,13,16H,2,4,8-12,14,21H2,(H,22,23,24)/t16-/m0/s1. The average Bonchev–Trinajstić information content (AvgIpc) is 2.74. The van der Waals surface area contributed by atoms with Gasteiger partial charge in [-0.25, -0.2) is 4.98 Å². The van der Waals surface area contributed by atoms with Crippen LogP contribution >= 0.6 is 0 Å². The highest BCUT2D eigenvalue weighted by atomic mass is 16.5. The van der Waals surface area contributed by atoms with E-state index in [0.717, 1.165) is 31.6 Å². The first-order valence-electron chi connectivity index (χ1n) is 9.77. The number of anilines is 3. The second-order valence-electron chi connectivity index (χ2n) is 7.20. The number of morpholine rings is 1. The molecule has 3 heterocycles. The zero-order valence-corrected chi connectivity index (χ0v) is 15.9. The molecule has 8 nitrogen and oxygen atoms in total. The molecular weight excluding hydrogens is 356 g/mol. The summed E-state index contributed by atoms with van der Waals surface area (Å²) in [6.45, 7) is 4.13. The van der Waals surface area contributed by atoms with Crippen LogP contribution in [0.3, 0.4) is 0 Å². The van der Waals surface area contributed by atoms with Gasteiger partial charge in [0.15, 0.2) is 0 Å². The highest BCUT2D eigenvalue weighted by molar-refractivity contribution is 5.95. The summed E-state index contributed by atoms with van der Waals surface area (Å²) in [6.07, 6.45) is 3.83. The number of nitrogens with one attached hydrogen (secondary N) is 1. The van der Waals surface area contributed by atoms with Crippen LogP contribution in [0.5, 0.6) is 0 Å². The van der Waals surface area contributed by atoms with E-state index in [9.17, 15) is 4.79 Å². The minimum atomic E-state index is 0.0256. The van der Waals surface area contributed by atoms with Crippen LogP contribution < -0.4 is 16.0 Å². The summed E-state index contributed by atoms with van der Waals surface area (Å²) >= 11 is 0. The van der Waals surface area contributed by atoms with Crippen molar-refractivity contribution in [3.8, 4) is 0 Å². The molecule has 2 aliphatic heterocycles. The number of rotatable bonds is 4. The lowest BCUT2D eigenvalue weighted by Crippen LogP contribution is -2.43. The number of piperidine rings is 1. The van der Waals surface area contributed by atoms with Gasteiger partial charge in [0.1, 0.15) is 5.82 Å². The molecule has 2 fully saturated rings. The van der Waals surface area contributed by atoms with Gasteiger partial charge in [0.25, 0.3) is 5.91 Å². The lowest BCUT2D eigenvalue weighted by Gasteiger charge is -2.30. The molecule has 1 amide bonds. The van der Waals surface area contributed by atoms with Crippen molar-refractivity contribution in [3.63, 3.8) is 0 Å². The Labute approximate surface area is 164 Å². The van der Waals surface area contributed by atoms with Crippen LogP contribution in [-0.2, 0) is 4.74 Å². The molecule has 0 spiro atoms. The number of hydrogen-bond acceptors (Lipinski definition) is 7. The highest BCUT2D eigenvalue weighted by Crippen LogP contribution is 2.20. The smallest absolute Gasteiger partial charge is 0.254 e. The molecule has 148 valence electrons. The van der Waals surface area contributed by atoms with E-state index in [-0.39, 0.29) is 11.9 Å². The maximum absolute atomic E-state index is 12.7. The van der Waals surface area contributed by atoms with Gasteiger partial charge in [-0.2, -0.15) is 4.98 Å². The predicted molar refractivity (Wildman–Crippen MR) is 108 cm³/mol. The van der Waals surface area contributed by atoms with Crippen molar-refractivity contribution in [3.05, 3.63) is 42.1 Å². The van der Waals surface area contributed by atoms with Crippen LogP contribution in [0.15, 0.2) is 36.5 Å². The van der Waals surface area contributed by atoms with Crippen molar-refractivity contribution in [1.29, 1.82) is 0 Å². The molecule has 3 N–H and O–H groups in total. The number of hydrogen-bond donors (Lipinski definition) is 2. The zero-order chi connectivity index (χ0) is 19.3. The first kappa shape index (κ1) is 18.6. The van der Waals surface area contributed by atoms with Crippen LogP contribution in [-0.4, -0.2) is 66.2 Å². The summed E-state index contributed by atoms with van der Waals surface area (Å²) in [5.74, 6) is 1.40. The van der Waals surface area contributed by atoms with Crippen LogP contribution in [0, 0.1) is 0 Å². The number of benzene rings is 1. The number of carbonyl (C=O) groups is 1. The normalized spacial score (nSPS) is 20.1. The second-order valence-corrected chi connectivity index (χ2v) is 7.20. The van der Waals surface area contributed by atoms with E-state index >= 15 is 0 Å². The van der Waals surface area contributed by atoms with Crippen LogP contribution in [0.4, 0.5) is 17.5 Å². The van der Waals surface area contributed by atoms with Gasteiger partial charge in [0.2, 0.25) is 5.95 Å². The Bertz CT molecular complexity index is 824. The van der Waals surface area contributed by atoms with Gasteiger partial charge in [-0.05, 0) is 37.1 Å². The number of nitrogens with zero attached hydrogens (tertiary/aromatic N) is 4. The fraction of sp³-hybridized carbons (Fsp3) is 0.450. The Morgan fingerprint density at radius 1 is 1.21 bits per heavy atom. The quantitative estimate of drug-likeness (QED) is 0.829. The van der Waals surface area contributed by atoms with Crippen molar-refractivity contribution >= 4 is 23.4 Å². The Morgan fingerprint density at radius 3 is 2.89 bits per heavy atom. The first-order chi connectivity index (χ1) is 13.7. The van der Waals surface area contributed by atoms with Crippen molar-refractivity contribution in [1.82, 2.24) is 14.9 Å². The molecule has 1 atom stereocenters. The number of aromatic nitrogens is 2. The highest BCUT2D eigenvalue weighted by Gasteiger charge is 2.20. The van der Waals surface area contributed by atoms with E-state index in [1.54, 1.807) is 6.20 Å². The molecular formula is C20H26N6O2. The van der Waals surface area contributed by atoms with E-state index in [1.165, 1.54) is 0 Å². The summed E-state index contributed by atoms with van der Waals surface area (Å²) in [5, 5.41) is 3.29. The lowest BCUT2D eigenvalue weighted by atomic mass is 10.1. The fourth-order valence-electron chi connectivity index (χ4n) is 3.59. The number of nitrogens with two attached hydrogens (primary N) is 1. The molecule has 0 radical (unpaired) electrons. The molecule has 28 heavy (non-hydrogen) atoms. The largest absolute Gasteiger partial charge is 0.378 e. The fourth-order valence-corrected chi connectivity index (χ4v) is 3.59. The second kappa shape index (κ2) is 8.53. The summed E-state index contributed by atoms with van der Waals surface area (Å²) in [6, 6.07) is 9.48. The molecule has 0 aliphatic carbocycles. The third-order valence-corrected chi connectivity index (χ3v) is 5.06. The molecule has 2 saturated heterocycles. The maximum Gasteiger partial charge on any atom is 0.254 e. The predicted octanol–water partition coefficient (Wildman–Crippen LogP) is 1.62.